The van der Waals surface area contributed by atoms with E-state index in [1.165, 1.54) is 5.56 Å². The summed E-state index contributed by atoms with van der Waals surface area (Å²) in [6.07, 6.45) is 0. The van der Waals surface area contributed by atoms with Crippen molar-refractivity contribution < 1.29 is 0 Å². The molecule has 6 aromatic carbocycles. The van der Waals surface area contributed by atoms with E-state index >= 15 is 0 Å². The Morgan fingerprint density at radius 2 is 0.660 bits per heavy atom. The number of rotatable bonds is 6. The molecule has 0 unspecified atom stereocenters. The van der Waals surface area contributed by atoms with Crippen LogP contribution in [0.3, 0.4) is 0 Å². The molecule has 7 aromatic rings. The highest BCUT2D eigenvalue weighted by Gasteiger charge is 2.15. The molecule has 0 spiro atoms. The lowest BCUT2D eigenvalue weighted by atomic mass is 10.00. The summed E-state index contributed by atoms with van der Waals surface area (Å²) in [7, 11) is 0. The first-order chi connectivity index (χ1) is 23.1. The number of aryl methyl sites for hydroxylation is 1. The van der Waals surface area contributed by atoms with Crippen molar-refractivity contribution in [3.63, 3.8) is 0 Å². The summed E-state index contributed by atoms with van der Waals surface area (Å²) >= 11 is 0. The number of hydrogen-bond acceptors (Lipinski definition) is 5. The number of nitriles is 2. The molecule has 47 heavy (non-hydrogen) atoms. The molecule has 0 bridgehead atoms. The number of benzene rings is 6. The van der Waals surface area contributed by atoms with E-state index in [9.17, 15) is 10.5 Å². The lowest BCUT2D eigenvalue weighted by Gasteiger charge is -2.11. The lowest BCUT2D eigenvalue weighted by Crippen LogP contribution is -2.00. The van der Waals surface area contributed by atoms with E-state index in [4.69, 9.17) is 15.0 Å². The van der Waals surface area contributed by atoms with E-state index in [2.05, 4.69) is 55.5 Å². The molecule has 0 amide bonds. The molecule has 1 heterocycles. The Morgan fingerprint density at radius 1 is 0.362 bits per heavy atom. The van der Waals surface area contributed by atoms with E-state index in [0.29, 0.717) is 28.6 Å². The maximum Gasteiger partial charge on any atom is 0.164 e. The van der Waals surface area contributed by atoms with E-state index < -0.39 is 0 Å². The quantitative estimate of drug-likeness (QED) is 0.189. The first-order valence-corrected chi connectivity index (χ1v) is 15.2. The van der Waals surface area contributed by atoms with Crippen LogP contribution in [0.2, 0.25) is 0 Å². The second-order valence-electron chi connectivity index (χ2n) is 11.3. The molecule has 1 aromatic heterocycles. The first kappa shape index (κ1) is 29.0. The Hall–Kier alpha value is -6.69. The summed E-state index contributed by atoms with van der Waals surface area (Å²) in [6, 6.07) is 52.4. The maximum atomic E-state index is 9.45. The van der Waals surface area contributed by atoms with Gasteiger partial charge in [0, 0.05) is 16.7 Å². The van der Waals surface area contributed by atoms with Crippen molar-refractivity contribution in [2.75, 3.05) is 0 Å². The smallest absolute Gasteiger partial charge is 0.164 e. The molecule has 0 atom stereocenters. The molecule has 0 saturated carbocycles. The minimum Gasteiger partial charge on any atom is -0.208 e. The van der Waals surface area contributed by atoms with Crippen LogP contribution in [0.4, 0.5) is 0 Å². The molecule has 0 saturated heterocycles. The molecule has 5 nitrogen and oxygen atoms in total. The molecule has 7 rings (SSSR count). The van der Waals surface area contributed by atoms with E-state index in [1.54, 1.807) is 12.1 Å². The van der Waals surface area contributed by atoms with Gasteiger partial charge < -0.3 is 0 Å². The minimum absolute atomic E-state index is 0.543. The summed E-state index contributed by atoms with van der Waals surface area (Å²) in [6.45, 7) is 2.09. The topological polar surface area (TPSA) is 86.2 Å². The molecule has 0 fully saturated rings. The summed E-state index contributed by atoms with van der Waals surface area (Å²) in [5.74, 6) is 1.65. The van der Waals surface area contributed by atoms with Crippen molar-refractivity contribution in [1.82, 2.24) is 15.0 Å². The minimum atomic E-state index is 0.543. The average Bonchev–Trinajstić information content (AvgIpc) is 3.15. The summed E-state index contributed by atoms with van der Waals surface area (Å²) in [5.41, 5.74) is 11.0. The third-order valence-electron chi connectivity index (χ3n) is 8.00. The Balaban J connectivity index is 1.38. The van der Waals surface area contributed by atoms with Gasteiger partial charge in [-0.05, 0) is 82.8 Å². The van der Waals surface area contributed by atoms with E-state index in [1.807, 2.05) is 97.1 Å². The van der Waals surface area contributed by atoms with Gasteiger partial charge in [0.1, 0.15) is 0 Å². The number of hydrogen-bond donors (Lipinski definition) is 0. The van der Waals surface area contributed by atoms with Gasteiger partial charge in [-0.3, -0.25) is 0 Å². The van der Waals surface area contributed by atoms with Gasteiger partial charge in [0.15, 0.2) is 17.5 Å². The van der Waals surface area contributed by atoms with Gasteiger partial charge in [-0.2, -0.15) is 10.5 Å². The van der Waals surface area contributed by atoms with Crippen molar-refractivity contribution >= 4 is 0 Å². The van der Waals surface area contributed by atoms with Gasteiger partial charge in [0.2, 0.25) is 0 Å². The van der Waals surface area contributed by atoms with Gasteiger partial charge in [0.05, 0.1) is 23.3 Å². The summed E-state index contributed by atoms with van der Waals surface area (Å²) < 4.78 is 0. The molecule has 0 aliphatic carbocycles. The highest BCUT2D eigenvalue weighted by Crippen LogP contribution is 2.32. The predicted molar refractivity (Wildman–Crippen MR) is 187 cm³/mol. The third-order valence-corrected chi connectivity index (χ3v) is 8.00. The van der Waals surface area contributed by atoms with Crippen LogP contribution in [0.1, 0.15) is 16.7 Å². The van der Waals surface area contributed by atoms with E-state index in [-0.39, 0.29) is 0 Å². The van der Waals surface area contributed by atoms with Crippen molar-refractivity contribution in [3.05, 3.63) is 162 Å². The summed E-state index contributed by atoms with van der Waals surface area (Å²) in [5, 5.41) is 18.9. The largest absolute Gasteiger partial charge is 0.208 e. The second-order valence-corrected chi connectivity index (χ2v) is 11.3. The zero-order valence-electron chi connectivity index (χ0n) is 25.6. The van der Waals surface area contributed by atoms with Gasteiger partial charge >= 0.3 is 0 Å². The molecule has 0 aliphatic heterocycles. The monoisotopic (exact) mass is 601 g/mol. The molecular formula is C42H27N5. The Bertz CT molecular complexity index is 2240. The first-order valence-electron chi connectivity index (χ1n) is 15.2. The lowest BCUT2D eigenvalue weighted by molar-refractivity contribution is 1.07. The molecule has 0 N–H and O–H groups in total. The van der Waals surface area contributed by atoms with Crippen LogP contribution in [0.15, 0.2) is 146 Å². The predicted octanol–water partition coefficient (Wildman–Crippen LogP) is 9.93. The van der Waals surface area contributed by atoms with Crippen molar-refractivity contribution in [2.24, 2.45) is 0 Å². The molecule has 0 radical (unpaired) electrons. The van der Waals surface area contributed by atoms with Gasteiger partial charge in [-0.1, -0.05) is 109 Å². The Labute approximate surface area is 273 Å². The van der Waals surface area contributed by atoms with Crippen LogP contribution in [-0.4, -0.2) is 15.0 Å². The highest BCUT2D eigenvalue weighted by atomic mass is 15.0. The van der Waals surface area contributed by atoms with Gasteiger partial charge in [0.25, 0.3) is 0 Å². The number of aromatic nitrogens is 3. The zero-order chi connectivity index (χ0) is 32.2. The fourth-order valence-electron chi connectivity index (χ4n) is 5.64. The fourth-order valence-corrected chi connectivity index (χ4v) is 5.64. The van der Waals surface area contributed by atoms with Crippen LogP contribution >= 0.6 is 0 Å². The standard InChI is InChI=1S/C42H27N5/c1-28-8-2-11-31(20-28)34-14-5-17-37(23-34)40-45-41(38-18-6-15-35(24-38)32-12-3-9-29(21-32)26-43)47-42(46-40)39-19-7-16-36(25-39)33-13-4-10-30(22-33)27-44/h2-25H,1H3. The van der Waals surface area contributed by atoms with Gasteiger partial charge in [-0.25, -0.2) is 15.0 Å². The molecule has 220 valence electrons. The van der Waals surface area contributed by atoms with Crippen LogP contribution in [-0.2, 0) is 0 Å². The van der Waals surface area contributed by atoms with Crippen molar-refractivity contribution in [2.45, 2.75) is 6.92 Å². The maximum absolute atomic E-state index is 9.45. The Morgan fingerprint density at radius 3 is 1.02 bits per heavy atom. The summed E-state index contributed by atoms with van der Waals surface area (Å²) in [4.78, 5) is 15.0. The molecular weight excluding hydrogens is 574 g/mol. The van der Waals surface area contributed by atoms with Gasteiger partial charge in [-0.15, -0.1) is 0 Å². The van der Waals surface area contributed by atoms with E-state index in [0.717, 1.165) is 50.1 Å². The SMILES string of the molecule is Cc1cccc(-c2cccc(-c3nc(-c4cccc(-c5cccc(C#N)c5)c4)nc(-c4cccc(-c5cccc(C#N)c5)c4)n3)c2)c1. The average molecular weight is 602 g/mol. The van der Waals surface area contributed by atoms with Crippen LogP contribution in [0, 0.1) is 29.6 Å². The Kier molecular flexibility index (Phi) is 7.87. The normalized spacial score (nSPS) is 10.6. The van der Waals surface area contributed by atoms with Crippen molar-refractivity contribution in [3.8, 4) is 79.7 Å². The van der Waals surface area contributed by atoms with Crippen LogP contribution in [0.5, 0.6) is 0 Å². The molecule has 5 heteroatoms. The fraction of sp³-hybridized carbons (Fsp3) is 0.0238. The molecule has 0 aliphatic rings. The second kappa shape index (κ2) is 12.7. The third kappa shape index (κ3) is 6.28. The van der Waals surface area contributed by atoms with Crippen LogP contribution in [0.25, 0.3) is 67.5 Å². The van der Waals surface area contributed by atoms with Crippen LogP contribution < -0.4 is 0 Å². The van der Waals surface area contributed by atoms with Crippen molar-refractivity contribution in [1.29, 1.82) is 10.5 Å². The number of nitrogens with zero attached hydrogens (tertiary/aromatic N) is 5. The zero-order valence-corrected chi connectivity index (χ0v) is 25.6. The highest BCUT2D eigenvalue weighted by molar-refractivity contribution is 5.76.